The van der Waals surface area contributed by atoms with Gasteiger partial charge in [-0.3, -0.25) is 14.5 Å². The molecular weight excluding hydrogens is 354 g/mol. The Morgan fingerprint density at radius 2 is 1.69 bits per heavy atom. The van der Waals surface area contributed by atoms with Gasteiger partial charge in [-0.2, -0.15) is 0 Å². The molecule has 26 heavy (non-hydrogen) atoms. The van der Waals surface area contributed by atoms with Crippen LogP contribution in [-0.2, 0) is 19.4 Å². The van der Waals surface area contributed by atoms with E-state index in [4.69, 9.17) is 0 Å². The zero-order chi connectivity index (χ0) is 18.9. The van der Waals surface area contributed by atoms with Gasteiger partial charge in [-0.1, -0.05) is 12.8 Å². The van der Waals surface area contributed by atoms with Crippen LogP contribution in [0.1, 0.15) is 44.9 Å². The molecule has 2 heterocycles. The molecule has 3 rings (SSSR count). The number of likely N-dealkylation sites (N-methyl/N-ethyl adjacent to an activating group) is 1. The maximum absolute atomic E-state index is 13.2. The van der Waals surface area contributed by atoms with Crippen molar-refractivity contribution in [2.45, 2.75) is 63.1 Å². The van der Waals surface area contributed by atoms with Crippen LogP contribution in [0.15, 0.2) is 0 Å². The van der Waals surface area contributed by atoms with E-state index in [9.17, 15) is 18.0 Å². The summed E-state index contributed by atoms with van der Waals surface area (Å²) in [7, 11) is 0.455. The molecule has 2 saturated heterocycles. The number of nitrogens with zero attached hydrogens (tertiary/aromatic N) is 3. The highest BCUT2D eigenvalue weighted by molar-refractivity contribution is 7.91. The molecule has 2 amide bonds. The van der Waals surface area contributed by atoms with Crippen molar-refractivity contribution in [3.05, 3.63) is 0 Å². The lowest BCUT2D eigenvalue weighted by molar-refractivity contribution is -0.139. The Bertz CT molecular complexity index is 643. The molecule has 0 spiro atoms. The predicted octanol–water partition coefficient (Wildman–Crippen LogP) is 0.497. The monoisotopic (exact) mass is 385 g/mol. The van der Waals surface area contributed by atoms with E-state index in [1.807, 2.05) is 9.80 Å². The first-order valence-corrected chi connectivity index (χ1v) is 11.6. The fourth-order valence-corrected chi connectivity index (χ4v) is 6.44. The Morgan fingerprint density at radius 1 is 1.00 bits per heavy atom. The fourth-order valence-electron chi connectivity index (χ4n) is 4.73. The SMILES string of the molecule is CN(C)C(=O)C1CCCN1CC(=O)N(C1CCCC1)C1CCS(=O)(=O)C1. The van der Waals surface area contributed by atoms with Crippen molar-refractivity contribution in [3.8, 4) is 0 Å². The topological polar surface area (TPSA) is 78.0 Å². The summed E-state index contributed by atoms with van der Waals surface area (Å²) in [6.07, 6.45) is 6.36. The van der Waals surface area contributed by atoms with Crippen LogP contribution in [0.25, 0.3) is 0 Å². The van der Waals surface area contributed by atoms with Gasteiger partial charge in [0.1, 0.15) is 0 Å². The van der Waals surface area contributed by atoms with Gasteiger partial charge in [-0.15, -0.1) is 0 Å². The van der Waals surface area contributed by atoms with Crippen LogP contribution in [0.3, 0.4) is 0 Å². The zero-order valence-corrected chi connectivity index (χ0v) is 16.7. The largest absolute Gasteiger partial charge is 0.347 e. The fraction of sp³-hybridized carbons (Fsp3) is 0.889. The Balaban J connectivity index is 1.72. The lowest BCUT2D eigenvalue weighted by atomic mass is 10.1. The van der Waals surface area contributed by atoms with Crippen molar-refractivity contribution >= 4 is 21.7 Å². The first-order chi connectivity index (χ1) is 12.3. The van der Waals surface area contributed by atoms with Crippen molar-refractivity contribution in [2.75, 3.05) is 38.7 Å². The number of hydrogen-bond donors (Lipinski definition) is 0. The third-order valence-corrected chi connectivity index (χ3v) is 7.79. The maximum Gasteiger partial charge on any atom is 0.239 e. The first kappa shape index (κ1) is 19.6. The first-order valence-electron chi connectivity index (χ1n) is 9.75. The molecule has 0 aromatic rings. The molecule has 148 valence electrons. The van der Waals surface area contributed by atoms with Crippen LogP contribution in [0.4, 0.5) is 0 Å². The van der Waals surface area contributed by atoms with Gasteiger partial charge in [0.25, 0.3) is 0 Å². The summed E-state index contributed by atoms with van der Waals surface area (Å²) < 4.78 is 23.9. The number of carbonyl (C=O) groups is 2. The van der Waals surface area contributed by atoms with Crippen LogP contribution >= 0.6 is 0 Å². The highest BCUT2D eigenvalue weighted by atomic mass is 32.2. The number of sulfone groups is 1. The van der Waals surface area contributed by atoms with Gasteiger partial charge in [-0.25, -0.2) is 8.42 Å². The average Bonchev–Trinajstić information content (AvgIpc) is 3.29. The number of rotatable bonds is 5. The van der Waals surface area contributed by atoms with Gasteiger partial charge in [0.2, 0.25) is 11.8 Å². The second kappa shape index (κ2) is 7.84. The number of carbonyl (C=O) groups excluding carboxylic acids is 2. The van der Waals surface area contributed by atoms with Crippen molar-refractivity contribution in [1.82, 2.24) is 14.7 Å². The average molecular weight is 386 g/mol. The van der Waals surface area contributed by atoms with Crippen LogP contribution in [0.2, 0.25) is 0 Å². The number of likely N-dealkylation sites (tertiary alicyclic amines) is 1. The van der Waals surface area contributed by atoms with E-state index in [0.29, 0.717) is 6.42 Å². The normalized spacial score (nSPS) is 29.2. The molecule has 0 bridgehead atoms. The van der Waals surface area contributed by atoms with E-state index in [1.165, 1.54) is 0 Å². The molecule has 2 unspecified atom stereocenters. The molecule has 3 fully saturated rings. The number of amides is 2. The Kier molecular flexibility index (Phi) is 5.91. The molecule has 8 heteroatoms. The summed E-state index contributed by atoms with van der Waals surface area (Å²) in [5, 5.41) is 0. The van der Waals surface area contributed by atoms with Gasteiger partial charge >= 0.3 is 0 Å². The molecular formula is C18H31N3O4S. The third kappa shape index (κ3) is 4.22. The Morgan fingerprint density at radius 3 is 2.27 bits per heavy atom. The molecule has 1 saturated carbocycles. The molecule has 0 radical (unpaired) electrons. The minimum absolute atomic E-state index is 0.00236. The van der Waals surface area contributed by atoms with E-state index in [2.05, 4.69) is 0 Å². The van der Waals surface area contributed by atoms with Crippen molar-refractivity contribution in [1.29, 1.82) is 0 Å². The molecule has 3 aliphatic rings. The quantitative estimate of drug-likeness (QED) is 0.689. The smallest absolute Gasteiger partial charge is 0.239 e. The lowest BCUT2D eigenvalue weighted by Crippen LogP contribution is -2.52. The summed E-state index contributed by atoms with van der Waals surface area (Å²) >= 11 is 0. The second-order valence-electron chi connectivity index (χ2n) is 8.16. The zero-order valence-electron chi connectivity index (χ0n) is 15.9. The summed E-state index contributed by atoms with van der Waals surface area (Å²) in [5.74, 6) is 0.318. The summed E-state index contributed by atoms with van der Waals surface area (Å²) in [4.78, 5) is 31.0. The van der Waals surface area contributed by atoms with Crippen LogP contribution in [-0.4, -0.2) is 91.7 Å². The van der Waals surface area contributed by atoms with Crippen molar-refractivity contribution in [2.24, 2.45) is 0 Å². The minimum Gasteiger partial charge on any atom is -0.347 e. The van der Waals surface area contributed by atoms with E-state index in [0.717, 1.165) is 45.1 Å². The van der Waals surface area contributed by atoms with E-state index < -0.39 is 9.84 Å². The van der Waals surface area contributed by atoms with E-state index in [1.54, 1.807) is 19.0 Å². The molecule has 7 nitrogen and oxygen atoms in total. The van der Waals surface area contributed by atoms with Gasteiger partial charge < -0.3 is 9.80 Å². The van der Waals surface area contributed by atoms with Crippen molar-refractivity contribution in [3.63, 3.8) is 0 Å². The highest BCUT2D eigenvalue weighted by Crippen LogP contribution is 2.30. The summed E-state index contributed by atoms with van der Waals surface area (Å²) in [6.45, 7) is 0.967. The van der Waals surface area contributed by atoms with Crippen LogP contribution in [0, 0.1) is 0 Å². The summed E-state index contributed by atoms with van der Waals surface area (Å²) in [6, 6.07) is -0.265. The second-order valence-corrected chi connectivity index (χ2v) is 10.4. The standard InChI is InChI=1S/C18H31N3O4S/c1-19(2)18(23)16-8-5-10-20(16)12-17(22)21(14-6-3-4-7-14)15-9-11-26(24,25)13-15/h14-16H,3-13H2,1-2H3. The Hall–Kier alpha value is -1.15. The molecule has 2 atom stereocenters. The van der Waals surface area contributed by atoms with E-state index >= 15 is 0 Å². The van der Waals surface area contributed by atoms with Crippen molar-refractivity contribution < 1.29 is 18.0 Å². The molecule has 0 N–H and O–H groups in total. The van der Waals surface area contributed by atoms with Gasteiger partial charge in [0.15, 0.2) is 9.84 Å². The third-order valence-electron chi connectivity index (χ3n) is 6.04. The van der Waals surface area contributed by atoms with Gasteiger partial charge in [0.05, 0.1) is 24.1 Å². The molecule has 0 aromatic carbocycles. The Labute approximate surface area is 156 Å². The molecule has 0 aromatic heterocycles. The van der Waals surface area contributed by atoms with Gasteiger partial charge in [0, 0.05) is 26.2 Å². The number of hydrogen-bond acceptors (Lipinski definition) is 5. The van der Waals surface area contributed by atoms with E-state index in [-0.39, 0.29) is 48.0 Å². The minimum atomic E-state index is -3.03. The van der Waals surface area contributed by atoms with Gasteiger partial charge in [-0.05, 0) is 38.6 Å². The summed E-state index contributed by atoms with van der Waals surface area (Å²) in [5.41, 5.74) is 0. The lowest BCUT2D eigenvalue weighted by Gasteiger charge is -2.36. The highest BCUT2D eigenvalue weighted by Gasteiger charge is 2.41. The predicted molar refractivity (Wildman–Crippen MR) is 99.4 cm³/mol. The molecule has 1 aliphatic carbocycles. The maximum atomic E-state index is 13.2. The van der Waals surface area contributed by atoms with Crippen LogP contribution < -0.4 is 0 Å². The van der Waals surface area contributed by atoms with Crippen LogP contribution in [0.5, 0.6) is 0 Å². The molecule has 2 aliphatic heterocycles.